The lowest BCUT2D eigenvalue weighted by Crippen LogP contribution is -2.10. The molecular formula is C10H18O3. The smallest absolute Gasteiger partial charge is 0.311 e. The molecule has 0 aromatic rings. The van der Waals surface area contributed by atoms with E-state index in [1.807, 2.05) is 13.8 Å². The van der Waals surface area contributed by atoms with E-state index >= 15 is 0 Å². The Balaban J connectivity index is 2.38. The molecule has 13 heavy (non-hydrogen) atoms. The second-order valence-electron chi connectivity index (χ2n) is 3.27. The maximum Gasteiger partial charge on any atom is 0.311 e. The predicted molar refractivity (Wildman–Crippen MR) is 49.3 cm³/mol. The first-order valence-electron chi connectivity index (χ1n) is 5.04. The third-order valence-corrected chi connectivity index (χ3v) is 2.49. The van der Waals surface area contributed by atoms with E-state index in [0.29, 0.717) is 19.1 Å². The van der Waals surface area contributed by atoms with Gasteiger partial charge in [0.1, 0.15) is 0 Å². The van der Waals surface area contributed by atoms with Crippen molar-refractivity contribution in [2.24, 2.45) is 11.8 Å². The molecule has 3 atom stereocenters. The van der Waals surface area contributed by atoms with Gasteiger partial charge in [0.15, 0.2) is 0 Å². The normalized spacial score (nSPS) is 31.5. The summed E-state index contributed by atoms with van der Waals surface area (Å²) in [6, 6.07) is 0. The molecule has 1 fully saturated rings. The first-order chi connectivity index (χ1) is 6.26. The van der Waals surface area contributed by atoms with Crippen molar-refractivity contribution in [3.8, 4) is 0 Å². The highest BCUT2D eigenvalue weighted by Gasteiger charge is 2.55. The maximum absolute atomic E-state index is 11.4. The highest BCUT2D eigenvalue weighted by Crippen LogP contribution is 2.44. The van der Waals surface area contributed by atoms with Crippen molar-refractivity contribution < 1.29 is 14.3 Å². The van der Waals surface area contributed by atoms with Gasteiger partial charge in [0, 0.05) is 12.5 Å². The first-order valence-corrected chi connectivity index (χ1v) is 5.04. The largest absolute Gasteiger partial charge is 0.466 e. The van der Waals surface area contributed by atoms with Gasteiger partial charge in [-0.1, -0.05) is 6.92 Å². The number of carbonyl (C=O) groups excluding carboxylic acids is 1. The number of rotatable bonds is 5. The number of ether oxygens (including phenoxy) is 2. The molecule has 0 aromatic carbocycles. The van der Waals surface area contributed by atoms with Gasteiger partial charge in [-0.15, -0.1) is 0 Å². The molecule has 0 bridgehead atoms. The van der Waals surface area contributed by atoms with Crippen molar-refractivity contribution in [1.29, 1.82) is 0 Å². The lowest BCUT2D eigenvalue weighted by Gasteiger charge is -1.99. The number of hydrogen-bond acceptors (Lipinski definition) is 3. The van der Waals surface area contributed by atoms with Crippen molar-refractivity contribution >= 4 is 5.97 Å². The Labute approximate surface area is 79.4 Å². The zero-order valence-electron chi connectivity index (χ0n) is 8.58. The molecule has 3 unspecified atom stereocenters. The minimum atomic E-state index is -0.0900. The van der Waals surface area contributed by atoms with Crippen LogP contribution in [0.5, 0.6) is 0 Å². The van der Waals surface area contributed by atoms with Crippen LogP contribution >= 0.6 is 0 Å². The van der Waals surface area contributed by atoms with Gasteiger partial charge in [-0.2, -0.15) is 0 Å². The molecule has 3 nitrogen and oxygen atoms in total. The molecule has 0 N–H and O–H groups in total. The van der Waals surface area contributed by atoms with E-state index in [4.69, 9.17) is 9.47 Å². The van der Waals surface area contributed by atoms with Crippen LogP contribution in [0, 0.1) is 11.8 Å². The van der Waals surface area contributed by atoms with Crippen LogP contribution in [0.1, 0.15) is 27.2 Å². The molecule has 1 aliphatic carbocycles. The van der Waals surface area contributed by atoms with E-state index in [1.54, 1.807) is 0 Å². The minimum Gasteiger partial charge on any atom is -0.466 e. The average Bonchev–Trinajstić information content (AvgIpc) is 2.79. The highest BCUT2D eigenvalue weighted by atomic mass is 16.5. The van der Waals surface area contributed by atoms with E-state index in [0.717, 1.165) is 6.42 Å². The van der Waals surface area contributed by atoms with Crippen LogP contribution in [-0.2, 0) is 14.3 Å². The number of carbonyl (C=O) groups is 1. The molecule has 0 spiro atoms. The van der Waals surface area contributed by atoms with Gasteiger partial charge in [0.25, 0.3) is 0 Å². The Hall–Kier alpha value is -0.570. The van der Waals surface area contributed by atoms with Crippen LogP contribution in [0.15, 0.2) is 0 Å². The van der Waals surface area contributed by atoms with E-state index < -0.39 is 0 Å². The molecule has 0 aromatic heterocycles. The highest BCUT2D eigenvalue weighted by molar-refractivity contribution is 5.77. The summed E-state index contributed by atoms with van der Waals surface area (Å²) in [5.74, 6) is 0.302. The average molecular weight is 186 g/mol. The fraction of sp³-hybridized carbons (Fsp3) is 0.900. The van der Waals surface area contributed by atoms with Crippen molar-refractivity contribution in [2.75, 3.05) is 13.2 Å². The third-order valence-electron chi connectivity index (χ3n) is 2.49. The zero-order valence-corrected chi connectivity index (χ0v) is 8.58. The molecule has 0 saturated heterocycles. The second kappa shape index (κ2) is 4.61. The summed E-state index contributed by atoms with van der Waals surface area (Å²) < 4.78 is 10.4. The summed E-state index contributed by atoms with van der Waals surface area (Å²) in [5, 5.41) is 0. The monoisotopic (exact) mass is 186 g/mol. The second-order valence-corrected chi connectivity index (χ2v) is 3.27. The molecule has 1 aliphatic rings. The Morgan fingerprint density at radius 2 is 1.92 bits per heavy atom. The lowest BCUT2D eigenvalue weighted by molar-refractivity contribution is -0.146. The van der Waals surface area contributed by atoms with E-state index in [-0.39, 0.29) is 18.0 Å². The van der Waals surface area contributed by atoms with Gasteiger partial charge in [-0.05, 0) is 20.3 Å². The molecule has 1 rings (SSSR count). The molecule has 0 heterocycles. The van der Waals surface area contributed by atoms with Gasteiger partial charge in [0.2, 0.25) is 0 Å². The zero-order chi connectivity index (χ0) is 9.84. The molecular weight excluding hydrogens is 168 g/mol. The molecule has 0 aliphatic heterocycles. The topological polar surface area (TPSA) is 35.5 Å². The Bertz CT molecular complexity index is 179. The van der Waals surface area contributed by atoms with Gasteiger partial charge in [-0.3, -0.25) is 4.79 Å². The number of hydrogen-bond donors (Lipinski definition) is 0. The van der Waals surface area contributed by atoms with E-state index in [9.17, 15) is 4.79 Å². The van der Waals surface area contributed by atoms with Gasteiger partial charge in [0.05, 0.1) is 18.6 Å². The summed E-state index contributed by atoms with van der Waals surface area (Å²) >= 11 is 0. The summed E-state index contributed by atoms with van der Waals surface area (Å²) in [6.45, 7) is 7.00. The maximum atomic E-state index is 11.4. The van der Waals surface area contributed by atoms with Crippen molar-refractivity contribution in [2.45, 2.75) is 33.3 Å². The molecule has 76 valence electrons. The van der Waals surface area contributed by atoms with Crippen molar-refractivity contribution in [3.63, 3.8) is 0 Å². The SMILES string of the molecule is CCOC(=O)C1C(CC)C1OCC. The summed E-state index contributed by atoms with van der Waals surface area (Å²) in [5.41, 5.74) is 0. The molecule has 1 saturated carbocycles. The Kier molecular flexibility index (Phi) is 3.72. The molecule has 0 amide bonds. The Morgan fingerprint density at radius 3 is 2.38 bits per heavy atom. The van der Waals surface area contributed by atoms with Crippen LogP contribution in [0.3, 0.4) is 0 Å². The predicted octanol–water partition coefficient (Wildman–Crippen LogP) is 1.61. The summed E-state index contributed by atoms with van der Waals surface area (Å²) in [6.07, 6.45) is 1.11. The molecule has 3 heteroatoms. The summed E-state index contributed by atoms with van der Waals surface area (Å²) in [7, 11) is 0. The fourth-order valence-corrected chi connectivity index (χ4v) is 1.80. The lowest BCUT2D eigenvalue weighted by atomic mass is 10.2. The fourth-order valence-electron chi connectivity index (χ4n) is 1.80. The Morgan fingerprint density at radius 1 is 1.23 bits per heavy atom. The van der Waals surface area contributed by atoms with Crippen molar-refractivity contribution in [1.82, 2.24) is 0 Å². The van der Waals surface area contributed by atoms with Gasteiger partial charge in [-0.25, -0.2) is 0 Å². The first kappa shape index (κ1) is 10.5. The van der Waals surface area contributed by atoms with Gasteiger partial charge < -0.3 is 9.47 Å². The standard InChI is InChI=1S/C10H18O3/c1-4-7-8(9(7)12-5-2)10(11)13-6-3/h7-9H,4-6H2,1-3H3. The van der Waals surface area contributed by atoms with E-state index in [1.165, 1.54) is 0 Å². The third kappa shape index (κ3) is 2.21. The van der Waals surface area contributed by atoms with Crippen LogP contribution < -0.4 is 0 Å². The van der Waals surface area contributed by atoms with Crippen LogP contribution in [0.25, 0.3) is 0 Å². The van der Waals surface area contributed by atoms with E-state index in [2.05, 4.69) is 6.92 Å². The van der Waals surface area contributed by atoms with Crippen LogP contribution in [0.2, 0.25) is 0 Å². The number of esters is 1. The minimum absolute atomic E-state index is 0.00454. The molecule has 0 radical (unpaired) electrons. The van der Waals surface area contributed by atoms with Crippen molar-refractivity contribution in [3.05, 3.63) is 0 Å². The summed E-state index contributed by atoms with van der Waals surface area (Å²) in [4.78, 5) is 11.4. The quantitative estimate of drug-likeness (QED) is 0.612. The van der Waals surface area contributed by atoms with Crippen LogP contribution in [-0.4, -0.2) is 25.3 Å². The van der Waals surface area contributed by atoms with Crippen LogP contribution in [0.4, 0.5) is 0 Å². The van der Waals surface area contributed by atoms with Gasteiger partial charge >= 0.3 is 5.97 Å².